The molecule has 3 heterocycles. The molecule has 8 aromatic carbocycles. The number of rotatable bonds is 5. The number of anilines is 3. The van der Waals surface area contributed by atoms with Crippen molar-refractivity contribution in [2.24, 2.45) is 0 Å². The third-order valence-corrected chi connectivity index (χ3v) is 11.5. The Bertz CT molecular complexity index is 3130. The van der Waals surface area contributed by atoms with Gasteiger partial charge in [0.2, 0.25) is 0 Å². The normalized spacial score (nSPS) is 11.8. The van der Waals surface area contributed by atoms with Crippen molar-refractivity contribution >= 4 is 92.4 Å². The fraction of sp³-hybridized carbons (Fsp3) is 0. The minimum atomic E-state index is 0.860. The maximum atomic E-state index is 6.47. The van der Waals surface area contributed by atoms with Gasteiger partial charge in [-0.2, -0.15) is 0 Å². The second kappa shape index (κ2) is 11.5. The zero-order chi connectivity index (χ0) is 34.2. The number of furan rings is 2. The molecule has 0 spiro atoms. The average molecular weight is 684 g/mol. The molecule has 0 N–H and O–H groups in total. The molecule has 3 nitrogen and oxygen atoms in total. The highest BCUT2D eigenvalue weighted by Crippen LogP contribution is 2.50. The topological polar surface area (TPSA) is 29.5 Å². The molecular weight excluding hydrogens is 655 g/mol. The van der Waals surface area contributed by atoms with Crippen molar-refractivity contribution < 1.29 is 8.83 Å². The van der Waals surface area contributed by atoms with Gasteiger partial charge in [-0.05, 0) is 76.9 Å². The second-order valence-corrected chi connectivity index (χ2v) is 14.3. The van der Waals surface area contributed by atoms with Crippen molar-refractivity contribution in [2.45, 2.75) is 0 Å². The zero-order valence-electron chi connectivity index (χ0n) is 27.9. The minimum Gasteiger partial charge on any atom is -0.456 e. The molecule has 0 fully saturated rings. The van der Waals surface area contributed by atoms with Crippen LogP contribution in [0.1, 0.15) is 0 Å². The van der Waals surface area contributed by atoms with Gasteiger partial charge in [-0.1, -0.05) is 115 Å². The smallest absolute Gasteiger partial charge is 0.137 e. The number of nitrogens with zero attached hydrogens (tertiary/aromatic N) is 1. The Hall–Kier alpha value is -6.62. The fourth-order valence-electron chi connectivity index (χ4n) is 7.84. The lowest BCUT2D eigenvalue weighted by Crippen LogP contribution is -2.10. The van der Waals surface area contributed by atoms with Crippen LogP contribution in [0.25, 0.3) is 86.3 Å². The maximum absolute atomic E-state index is 6.47. The van der Waals surface area contributed by atoms with Crippen molar-refractivity contribution in [1.82, 2.24) is 0 Å². The molecule has 0 bridgehead atoms. The van der Waals surface area contributed by atoms with Crippen LogP contribution in [-0.4, -0.2) is 0 Å². The number of hydrogen-bond acceptors (Lipinski definition) is 4. The molecule has 0 aliphatic heterocycles. The summed E-state index contributed by atoms with van der Waals surface area (Å²) in [5.74, 6) is 0. The summed E-state index contributed by atoms with van der Waals surface area (Å²) < 4.78 is 15.3. The van der Waals surface area contributed by atoms with Gasteiger partial charge in [-0.25, -0.2) is 0 Å². The quantitative estimate of drug-likeness (QED) is 0.181. The number of fused-ring (bicyclic) bond motifs is 9. The van der Waals surface area contributed by atoms with Crippen LogP contribution in [0, 0.1) is 0 Å². The van der Waals surface area contributed by atoms with E-state index in [1.165, 1.54) is 42.4 Å². The van der Waals surface area contributed by atoms with Crippen LogP contribution < -0.4 is 4.90 Å². The lowest BCUT2D eigenvalue weighted by atomic mass is 9.98. The summed E-state index contributed by atoms with van der Waals surface area (Å²) in [5, 5.41) is 6.87. The predicted molar refractivity (Wildman–Crippen MR) is 219 cm³/mol. The van der Waals surface area contributed by atoms with Gasteiger partial charge in [0.1, 0.15) is 22.3 Å². The van der Waals surface area contributed by atoms with Gasteiger partial charge in [0.05, 0.1) is 5.69 Å². The van der Waals surface area contributed by atoms with Crippen molar-refractivity contribution in [1.29, 1.82) is 0 Å². The largest absolute Gasteiger partial charge is 0.456 e. The first-order valence-electron chi connectivity index (χ1n) is 17.5. The lowest BCUT2D eigenvalue weighted by Gasteiger charge is -2.27. The van der Waals surface area contributed by atoms with Crippen LogP contribution in [0.3, 0.4) is 0 Å². The summed E-state index contributed by atoms with van der Waals surface area (Å²) >= 11 is 1.87. The summed E-state index contributed by atoms with van der Waals surface area (Å²) in [7, 11) is 0. The molecule has 0 aliphatic carbocycles. The van der Waals surface area contributed by atoms with Crippen LogP contribution in [0.15, 0.2) is 185 Å². The van der Waals surface area contributed by atoms with E-state index in [1.807, 2.05) is 35.6 Å². The average Bonchev–Trinajstić information content (AvgIpc) is 3.89. The zero-order valence-corrected chi connectivity index (χ0v) is 28.7. The van der Waals surface area contributed by atoms with E-state index in [2.05, 4.69) is 157 Å². The number of thiophene rings is 1. The Labute approximate surface area is 303 Å². The van der Waals surface area contributed by atoms with Gasteiger partial charge < -0.3 is 13.7 Å². The molecule has 244 valence electrons. The van der Waals surface area contributed by atoms with Crippen molar-refractivity contribution in [3.63, 3.8) is 0 Å². The first-order chi connectivity index (χ1) is 25.8. The van der Waals surface area contributed by atoms with Gasteiger partial charge in [-0.3, -0.25) is 0 Å². The van der Waals surface area contributed by atoms with Gasteiger partial charge in [0.15, 0.2) is 0 Å². The van der Waals surface area contributed by atoms with Crippen LogP contribution >= 0.6 is 11.3 Å². The third-order valence-electron chi connectivity index (χ3n) is 10.3. The van der Waals surface area contributed by atoms with E-state index in [-0.39, 0.29) is 0 Å². The molecule has 0 atom stereocenters. The Morgan fingerprint density at radius 1 is 0.385 bits per heavy atom. The first-order valence-corrected chi connectivity index (χ1v) is 18.3. The SMILES string of the molecule is c1ccc(-c2ccc3c(c2)sc2c(-c4ccccc4)ccc(N(c4ccc5c(c4)oc4ccccc45)c4ccc5oc6ccccc6c5c4)c23)cc1. The highest BCUT2D eigenvalue weighted by atomic mass is 32.1. The first kappa shape index (κ1) is 29.1. The number of para-hydroxylation sites is 2. The molecule has 0 unspecified atom stereocenters. The van der Waals surface area contributed by atoms with Crippen LogP contribution in [0.5, 0.6) is 0 Å². The fourth-order valence-corrected chi connectivity index (χ4v) is 9.14. The number of hydrogen-bond donors (Lipinski definition) is 0. The Kier molecular flexibility index (Phi) is 6.42. The summed E-state index contributed by atoms with van der Waals surface area (Å²) in [6.07, 6.45) is 0. The van der Waals surface area contributed by atoms with Crippen LogP contribution in [-0.2, 0) is 0 Å². The monoisotopic (exact) mass is 683 g/mol. The van der Waals surface area contributed by atoms with E-state index in [0.717, 1.165) is 60.9 Å². The molecule has 0 radical (unpaired) electrons. The highest BCUT2D eigenvalue weighted by Gasteiger charge is 2.23. The third kappa shape index (κ3) is 4.51. The van der Waals surface area contributed by atoms with Gasteiger partial charge in [0.25, 0.3) is 0 Å². The molecule has 0 amide bonds. The molecule has 52 heavy (non-hydrogen) atoms. The summed E-state index contributed by atoms with van der Waals surface area (Å²) in [6, 6.07) is 62.6. The van der Waals surface area contributed by atoms with Crippen LogP contribution in [0.4, 0.5) is 17.1 Å². The van der Waals surface area contributed by atoms with Crippen molar-refractivity contribution in [3.8, 4) is 22.3 Å². The number of benzene rings is 8. The van der Waals surface area contributed by atoms with E-state index < -0.39 is 0 Å². The molecule has 0 saturated heterocycles. The van der Waals surface area contributed by atoms with Crippen molar-refractivity contribution in [2.75, 3.05) is 4.90 Å². The van der Waals surface area contributed by atoms with E-state index in [1.54, 1.807) is 0 Å². The molecule has 11 aromatic rings. The van der Waals surface area contributed by atoms with E-state index >= 15 is 0 Å². The highest BCUT2D eigenvalue weighted by molar-refractivity contribution is 7.26. The summed E-state index contributed by atoms with van der Waals surface area (Å²) in [4.78, 5) is 2.39. The minimum absolute atomic E-state index is 0.860. The van der Waals surface area contributed by atoms with Gasteiger partial charge in [0, 0.05) is 59.2 Å². The molecule has 4 heteroatoms. The maximum Gasteiger partial charge on any atom is 0.137 e. The van der Waals surface area contributed by atoms with Gasteiger partial charge >= 0.3 is 0 Å². The van der Waals surface area contributed by atoms with Crippen LogP contribution in [0.2, 0.25) is 0 Å². The second-order valence-electron chi connectivity index (χ2n) is 13.3. The van der Waals surface area contributed by atoms with E-state index in [0.29, 0.717) is 0 Å². The Morgan fingerprint density at radius 3 is 1.77 bits per heavy atom. The molecule has 3 aromatic heterocycles. The van der Waals surface area contributed by atoms with E-state index in [4.69, 9.17) is 8.83 Å². The van der Waals surface area contributed by atoms with E-state index in [9.17, 15) is 0 Å². The Morgan fingerprint density at radius 2 is 0.981 bits per heavy atom. The standard InChI is InChI=1S/C48H29NO2S/c1-3-11-30(12-4-1)32-19-22-39-46(27-32)52-48-35(31-13-5-2-6-14-31)24-25-41(47(39)48)49(33-21-26-44-40(28-33)37-16-8-10-18-43(37)50-44)34-20-23-38-36-15-7-9-17-42(36)51-45(38)29-34/h1-29H. The molecule has 0 aliphatic rings. The van der Waals surface area contributed by atoms with Crippen molar-refractivity contribution in [3.05, 3.63) is 176 Å². The Balaban J connectivity index is 1.21. The summed E-state index contributed by atoms with van der Waals surface area (Å²) in [5.41, 5.74) is 11.5. The predicted octanol–water partition coefficient (Wildman–Crippen LogP) is 14.7. The summed E-state index contributed by atoms with van der Waals surface area (Å²) in [6.45, 7) is 0. The molecule has 11 rings (SSSR count). The van der Waals surface area contributed by atoms with Gasteiger partial charge in [-0.15, -0.1) is 11.3 Å². The molecule has 0 saturated carbocycles. The lowest BCUT2D eigenvalue weighted by molar-refractivity contribution is 0.668. The molecular formula is C48H29NO2S.